The zero-order valence-electron chi connectivity index (χ0n) is 12.0. The molecule has 0 saturated heterocycles. The first-order valence-corrected chi connectivity index (χ1v) is 6.58. The van der Waals surface area contributed by atoms with Crippen molar-refractivity contribution in [3.8, 4) is 5.75 Å². The molecule has 0 atom stereocenters. The molecule has 9 nitrogen and oxygen atoms in total. The molecule has 0 radical (unpaired) electrons. The molecule has 22 heavy (non-hydrogen) atoms. The van der Waals surface area contributed by atoms with E-state index in [0.717, 1.165) is 18.6 Å². The average molecular weight is 312 g/mol. The molecule has 9 heteroatoms. The summed E-state index contributed by atoms with van der Waals surface area (Å²) in [5.41, 5.74) is -1.18. The van der Waals surface area contributed by atoms with E-state index in [1.54, 1.807) is 0 Å². The van der Waals surface area contributed by atoms with E-state index >= 15 is 0 Å². The van der Waals surface area contributed by atoms with E-state index in [2.05, 4.69) is 4.74 Å². The Labute approximate surface area is 126 Å². The van der Waals surface area contributed by atoms with Crippen LogP contribution in [0, 0.1) is 20.2 Å². The highest BCUT2D eigenvalue weighted by Gasteiger charge is 2.24. The van der Waals surface area contributed by atoms with Gasteiger partial charge in [-0.25, -0.2) is 0 Å². The number of hydrogen-bond acceptors (Lipinski definition) is 7. The van der Waals surface area contributed by atoms with Crippen LogP contribution >= 0.6 is 0 Å². The second-order valence-corrected chi connectivity index (χ2v) is 4.40. The molecule has 120 valence electrons. The molecule has 0 spiro atoms. The smallest absolute Gasteiger partial charge is 0.349 e. The van der Waals surface area contributed by atoms with Crippen molar-refractivity contribution in [1.29, 1.82) is 0 Å². The predicted octanol–water partition coefficient (Wildman–Crippen LogP) is 2.62. The number of esters is 1. The molecule has 0 fully saturated rings. The van der Waals surface area contributed by atoms with Crippen molar-refractivity contribution in [2.24, 2.45) is 0 Å². The van der Waals surface area contributed by atoms with Crippen molar-refractivity contribution in [3.05, 3.63) is 38.4 Å². The van der Waals surface area contributed by atoms with Crippen LogP contribution in [0.4, 0.5) is 11.4 Å². The number of nitrogens with zero attached hydrogens (tertiary/aromatic N) is 2. The number of ether oxygens (including phenoxy) is 2. The van der Waals surface area contributed by atoms with E-state index in [1.165, 1.54) is 13.2 Å². The molecule has 0 aliphatic heterocycles. The van der Waals surface area contributed by atoms with E-state index in [0.29, 0.717) is 25.9 Å². The van der Waals surface area contributed by atoms with Gasteiger partial charge in [0, 0.05) is 12.5 Å². The largest absolute Gasteiger partial charge is 0.493 e. The second kappa shape index (κ2) is 8.55. The molecule has 0 unspecified atom stereocenters. The number of carbonyl (C=O) groups excluding carboxylic acids is 1. The summed E-state index contributed by atoms with van der Waals surface area (Å²) in [7, 11) is 1.33. The van der Waals surface area contributed by atoms with E-state index in [-0.39, 0.29) is 11.7 Å². The summed E-state index contributed by atoms with van der Waals surface area (Å²) in [5.74, 6) is -0.0721. The van der Waals surface area contributed by atoms with E-state index in [4.69, 9.17) is 4.74 Å². The summed E-state index contributed by atoms with van der Waals surface area (Å²) < 4.78 is 9.82. The van der Waals surface area contributed by atoms with Gasteiger partial charge in [0.2, 0.25) is 0 Å². The maximum atomic E-state index is 10.9. The minimum absolute atomic E-state index is 0.199. The second-order valence-electron chi connectivity index (χ2n) is 4.40. The third-order valence-electron chi connectivity index (χ3n) is 2.86. The Balaban J connectivity index is 2.47. The zero-order valence-corrected chi connectivity index (χ0v) is 12.0. The molecule has 0 aromatic heterocycles. The van der Waals surface area contributed by atoms with E-state index in [1.807, 2.05) is 0 Å². The molecular weight excluding hydrogens is 296 g/mol. The van der Waals surface area contributed by atoms with Gasteiger partial charge in [0.15, 0.2) is 0 Å². The number of benzene rings is 1. The summed E-state index contributed by atoms with van der Waals surface area (Å²) in [6.07, 6.45) is 2.39. The lowest BCUT2D eigenvalue weighted by Gasteiger charge is -2.06. The molecule has 1 aromatic carbocycles. The lowest BCUT2D eigenvalue weighted by molar-refractivity contribution is -0.422. The quantitative estimate of drug-likeness (QED) is 0.297. The fraction of sp³-hybridized carbons (Fsp3) is 0.462. The number of hydrogen-bond donors (Lipinski definition) is 0. The molecule has 0 aliphatic carbocycles. The van der Waals surface area contributed by atoms with Gasteiger partial charge < -0.3 is 9.47 Å². The minimum Gasteiger partial charge on any atom is -0.493 e. The van der Waals surface area contributed by atoms with Gasteiger partial charge in [-0.15, -0.1) is 0 Å². The first-order chi connectivity index (χ1) is 10.5. The van der Waals surface area contributed by atoms with Crippen LogP contribution in [-0.4, -0.2) is 29.5 Å². The molecule has 0 amide bonds. The Morgan fingerprint density at radius 3 is 2.36 bits per heavy atom. The standard InChI is InChI=1S/C13H16N2O7/c1-21-13(16)5-3-2-4-8-22-10-6-7-11(14(17)18)12(9-10)15(19)20/h6-7,9H,2-5,8H2,1H3. The van der Waals surface area contributed by atoms with Gasteiger partial charge in [-0.2, -0.15) is 0 Å². The highest BCUT2D eigenvalue weighted by molar-refractivity contribution is 5.68. The van der Waals surface area contributed by atoms with Crippen molar-refractivity contribution < 1.29 is 24.1 Å². The summed E-state index contributed by atoms with van der Waals surface area (Å²) in [6.45, 7) is 0.302. The normalized spacial score (nSPS) is 10.0. The van der Waals surface area contributed by atoms with Crippen LogP contribution < -0.4 is 4.74 Å². The van der Waals surface area contributed by atoms with Crippen molar-refractivity contribution >= 4 is 17.3 Å². The lowest BCUT2D eigenvalue weighted by atomic mass is 10.2. The van der Waals surface area contributed by atoms with Gasteiger partial charge in [0.1, 0.15) is 5.75 Å². The molecule has 0 N–H and O–H groups in total. The fourth-order valence-corrected chi connectivity index (χ4v) is 1.73. The molecule has 0 heterocycles. The number of methoxy groups -OCH3 is 1. The topological polar surface area (TPSA) is 122 Å². The van der Waals surface area contributed by atoms with Crippen LogP contribution in [0.2, 0.25) is 0 Å². The van der Waals surface area contributed by atoms with Gasteiger partial charge in [0.05, 0.1) is 29.6 Å². The maximum Gasteiger partial charge on any atom is 0.349 e. The number of unbranched alkanes of at least 4 members (excludes halogenated alkanes) is 2. The monoisotopic (exact) mass is 312 g/mol. The van der Waals surface area contributed by atoms with Crippen LogP contribution in [0.1, 0.15) is 25.7 Å². The van der Waals surface area contributed by atoms with Crippen LogP contribution in [0.15, 0.2) is 18.2 Å². The van der Waals surface area contributed by atoms with E-state index < -0.39 is 21.2 Å². The highest BCUT2D eigenvalue weighted by Crippen LogP contribution is 2.30. The molecule has 1 rings (SSSR count). The Bertz CT molecular complexity index is 559. The minimum atomic E-state index is -0.818. The first-order valence-electron chi connectivity index (χ1n) is 6.58. The summed E-state index contributed by atoms with van der Waals surface area (Å²) in [6, 6.07) is 3.40. The van der Waals surface area contributed by atoms with Crippen molar-refractivity contribution in [3.63, 3.8) is 0 Å². The molecular formula is C13H16N2O7. The number of nitro benzene ring substituents is 2. The Hall–Kier alpha value is -2.71. The van der Waals surface area contributed by atoms with Crippen LogP contribution in [-0.2, 0) is 9.53 Å². The van der Waals surface area contributed by atoms with Gasteiger partial charge in [0.25, 0.3) is 0 Å². The first kappa shape index (κ1) is 17.3. The van der Waals surface area contributed by atoms with Crippen LogP contribution in [0.5, 0.6) is 5.75 Å². The lowest BCUT2D eigenvalue weighted by Crippen LogP contribution is -2.02. The number of rotatable bonds is 9. The maximum absolute atomic E-state index is 10.9. The SMILES string of the molecule is COC(=O)CCCCCOc1ccc([N+](=O)[O-])c([N+](=O)[O-])c1. The zero-order chi connectivity index (χ0) is 16.5. The van der Waals surface area contributed by atoms with Crippen molar-refractivity contribution in [2.75, 3.05) is 13.7 Å². The summed E-state index contributed by atoms with van der Waals surface area (Å²) in [4.78, 5) is 30.7. The Morgan fingerprint density at radius 1 is 1.09 bits per heavy atom. The Kier molecular flexibility index (Phi) is 6.74. The average Bonchev–Trinajstić information content (AvgIpc) is 2.49. The number of carbonyl (C=O) groups is 1. The molecule has 0 saturated carbocycles. The predicted molar refractivity (Wildman–Crippen MR) is 75.7 cm³/mol. The van der Waals surface area contributed by atoms with Crippen molar-refractivity contribution in [2.45, 2.75) is 25.7 Å². The third-order valence-corrected chi connectivity index (χ3v) is 2.86. The van der Waals surface area contributed by atoms with Crippen molar-refractivity contribution in [1.82, 2.24) is 0 Å². The van der Waals surface area contributed by atoms with Crippen LogP contribution in [0.3, 0.4) is 0 Å². The molecule has 0 bridgehead atoms. The number of nitro groups is 2. The fourth-order valence-electron chi connectivity index (χ4n) is 1.73. The van der Waals surface area contributed by atoms with Gasteiger partial charge in [-0.3, -0.25) is 25.0 Å². The summed E-state index contributed by atoms with van der Waals surface area (Å²) >= 11 is 0. The highest BCUT2D eigenvalue weighted by atomic mass is 16.6. The van der Waals surface area contributed by atoms with Gasteiger partial charge in [-0.05, 0) is 25.3 Å². The summed E-state index contributed by atoms with van der Waals surface area (Å²) in [5, 5.41) is 21.5. The van der Waals surface area contributed by atoms with Crippen LogP contribution in [0.25, 0.3) is 0 Å². The third kappa shape index (κ3) is 5.35. The molecule has 1 aromatic rings. The van der Waals surface area contributed by atoms with E-state index in [9.17, 15) is 25.0 Å². The van der Waals surface area contributed by atoms with Gasteiger partial charge >= 0.3 is 17.3 Å². The molecule has 0 aliphatic rings. The Morgan fingerprint density at radius 2 is 1.77 bits per heavy atom. The van der Waals surface area contributed by atoms with Gasteiger partial charge in [-0.1, -0.05) is 0 Å².